The Kier molecular flexibility index (Phi) is 18.1. The van der Waals surface area contributed by atoms with E-state index < -0.39 is 0 Å². The molecule has 0 aliphatic heterocycles. The van der Waals surface area contributed by atoms with Gasteiger partial charge >= 0.3 is 0 Å². The zero-order valence-electron chi connectivity index (χ0n) is 43.7. The van der Waals surface area contributed by atoms with Crippen molar-refractivity contribution in [2.24, 2.45) is 0 Å². The van der Waals surface area contributed by atoms with E-state index >= 15 is 0 Å². The number of ketones is 1. The molecule has 0 aliphatic rings. The zero-order chi connectivity index (χ0) is 54.4. The third kappa shape index (κ3) is 14.3. The molecule has 0 saturated heterocycles. The van der Waals surface area contributed by atoms with Crippen LogP contribution in [0.15, 0.2) is 170 Å². The van der Waals surface area contributed by atoms with Crippen molar-refractivity contribution in [2.45, 2.75) is 72.9 Å². The van der Waals surface area contributed by atoms with Gasteiger partial charge in [0.25, 0.3) is 0 Å². The highest BCUT2D eigenvalue weighted by molar-refractivity contribution is 7.17. The Labute approximate surface area is 465 Å². The summed E-state index contributed by atoms with van der Waals surface area (Å²) in [6, 6.07) is 38.6. The lowest BCUT2D eigenvalue weighted by atomic mass is 10.00. The minimum absolute atomic E-state index is 0.00669. The van der Waals surface area contributed by atoms with Gasteiger partial charge in [-0.05, 0) is 110 Å². The molecule has 0 bridgehead atoms. The molecule has 78 heavy (non-hydrogen) atoms. The molecule has 394 valence electrons. The van der Waals surface area contributed by atoms with Crippen molar-refractivity contribution in [2.75, 3.05) is 10.6 Å². The molecule has 11 aromatic rings. The summed E-state index contributed by atoms with van der Waals surface area (Å²) < 4.78 is 0. The summed E-state index contributed by atoms with van der Waals surface area (Å²) in [6.45, 7) is 9.20. The third-order valence-corrected chi connectivity index (χ3v) is 15.3. The summed E-state index contributed by atoms with van der Waals surface area (Å²) in [7, 11) is 0. The smallest absolute Gasteiger partial charge is 0.224 e. The fourth-order valence-corrected chi connectivity index (χ4v) is 10.7. The predicted octanol–water partition coefficient (Wildman–Crippen LogP) is 13.9. The Balaban J connectivity index is 0.000000142. The number of anilines is 2. The standard InChI is InChI=1S/C23H26N4O.C19H17ClN4S.C19H16N4OS/c1-16(24)21(14-19-15-26-23-20(19)11-7-13-25-23)17(2)27-22(28)12-6-10-18-8-4-3-5-9-18;1-12-4-6-13(7-5-12)10-23-19-24-17(20)16(25-19)9-14-11-22-18-15(14)3-2-8-21-18;1-12-4-6-13(7-5-12)9-22-19-23-11-16(25-19)17(24)15-10-21-18-14(15)3-2-8-20-18/h3-5,7-9,11,13,15,24H,6,10,12,14H2,1-2H3,(H,25,26)(H,27,28);2-8,11H,9-10H2,1H3,(H,21,22)(H,23,24);2-8,10-11H,9H2,1H3,(H,20,21)(H,22,23)/b21-17-,24-16?;;. The van der Waals surface area contributed by atoms with Crippen LogP contribution in [0.4, 0.5) is 10.3 Å². The van der Waals surface area contributed by atoms with Gasteiger partial charge in [-0.15, -0.1) is 11.3 Å². The highest BCUT2D eigenvalue weighted by Crippen LogP contribution is 2.32. The number of H-pyrrole nitrogens is 3. The number of hydrogen-bond acceptors (Lipinski definition) is 12. The average molecular weight is 1090 g/mol. The number of pyridine rings is 3. The number of carbonyl (C=O) groups is 2. The summed E-state index contributed by atoms with van der Waals surface area (Å²) in [6.07, 6.45) is 16.0. The number of aryl methyl sites for hydroxylation is 3. The quantitative estimate of drug-likeness (QED) is 0.0322. The van der Waals surface area contributed by atoms with Gasteiger partial charge in [-0.25, -0.2) is 24.9 Å². The molecule has 17 heteroatoms. The van der Waals surface area contributed by atoms with Crippen LogP contribution in [0.3, 0.4) is 0 Å². The number of rotatable bonds is 18. The molecule has 0 atom stereocenters. The van der Waals surface area contributed by atoms with Gasteiger partial charge in [-0.1, -0.05) is 113 Å². The monoisotopic (exact) mass is 1090 g/mol. The Morgan fingerprint density at radius 2 is 1.19 bits per heavy atom. The van der Waals surface area contributed by atoms with Gasteiger partial charge in [0, 0.05) is 97.1 Å². The third-order valence-electron chi connectivity index (χ3n) is 12.9. The number of hydrogen-bond donors (Lipinski definition) is 7. The number of aromatic nitrogens is 8. The molecule has 0 unspecified atom stereocenters. The molecule has 0 saturated carbocycles. The van der Waals surface area contributed by atoms with Gasteiger partial charge in [0.2, 0.25) is 11.7 Å². The van der Waals surface area contributed by atoms with Gasteiger partial charge in [-0.2, -0.15) is 0 Å². The summed E-state index contributed by atoms with van der Waals surface area (Å²) in [4.78, 5) is 57.8. The number of thiazole rings is 2. The van der Waals surface area contributed by atoms with Crippen LogP contribution in [0.25, 0.3) is 33.1 Å². The lowest BCUT2D eigenvalue weighted by Gasteiger charge is -2.13. The van der Waals surface area contributed by atoms with Crippen LogP contribution in [-0.4, -0.2) is 57.3 Å². The summed E-state index contributed by atoms with van der Waals surface area (Å²) in [5.74, 6) is -0.0482. The van der Waals surface area contributed by atoms with E-state index in [-0.39, 0.29) is 11.7 Å². The second kappa shape index (κ2) is 26.0. The number of nitrogens with one attached hydrogen (secondary N) is 7. The van der Waals surface area contributed by atoms with E-state index in [2.05, 4.69) is 136 Å². The fourth-order valence-electron chi connectivity index (χ4n) is 8.69. The first-order chi connectivity index (χ1) is 37.9. The summed E-state index contributed by atoms with van der Waals surface area (Å²) >= 11 is 9.31. The largest absolute Gasteiger partial charge is 0.357 e. The lowest BCUT2D eigenvalue weighted by molar-refractivity contribution is -0.120. The first-order valence-electron chi connectivity index (χ1n) is 25.5. The maximum Gasteiger partial charge on any atom is 0.224 e. The average Bonchev–Trinajstić information content (AvgIpc) is 4.36. The number of amides is 1. The number of fused-ring (bicyclic) bond motifs is 3. The van der Waals surface area contributed by atoms with E-state index in [9.17, 15) is 9.59 Å². The topological polar surface area (TPSA) is 206 Å². The molecule has 0 fully saturated rings. The van der Waals surface area contributed by atoms with E-state index in [1.807, 2.05) is 67.8 Å². The van der Waals surface area contributed by atoms with Gasteiger partial charge in [0.15, 0.2) is 10.3 Å². The van der Waals surface area contributed by atoms with Crippen LogP contribution in [0, 0.1) is 19.3 Å². The maximum atomic E-state index is 12.7. The highest BCUT2D eigenvalue weighted by atomic mass is 35.5. The van der Waals surface area contributed by atoms with Crippen molar-refractivity contribution in [1.29, 1.82) is 5.41 Å². The Hall–Kier alpha value is -8.57. The summed E-state index contributed by atoms with van der Waals surface area (Å²) in [5, 5.41) is 22.9. The number of benzene rings is 3. The van der Waals surface area contributed by atoms with E-state index in [0.29, 0.717) is 46.3 Å². The molecule has 11 rings (SSSR count). The minimum atomic E-state index is -0.0415. The lowest BCUT2D eigenvalue weighted by Crippen LogP contribution is -2.24. The number of allylic oxidation sites excluding steroid dienone is 2. The predicted molar refractivity (Wildman–Crippen MR) is 318 cm³/mol. The Morgan fingerprint density at radius 3 is 1.82 bits per heavy atom. The number of halogens is 1. The van der Waals surface area contributed by atoms with Crippen LogP contribution >= 0.6 is 34.3 Å². The molecule has 3 aromatic carbocycles. The molecule has 0 aliphatic carbocycles. The van der Waals surface area contributed by atoms with E-state index in [0.717, 1.165) is 85.2 Å². The molecular weight excluding hydrogens is 1030 g/mol. The first kappa shape index (κ1) is 54.2. The Bertz CT molecular complexity index is 3840. The van der Waals surface area contributed by atoms with Crippen LogP contribution in [0.2, 0.25) is 5.15 Å². The van der Waals surface area contributed by atoms with Gasteiger partial charge in [0.1, 0.15) is 22.1 Å². The van der Waals surface area contributed by atoms with Crippen molar-refractivity contribution in [3.05, 3.63) is 229 Å². The molecule has 0 radical (unpaired) electrons. The van der Waals surface area contributed by atoms with Crippen LogP contribution < -0.4 is 16.0 Å². The van der Waals surface area contributed by atoms with Crippen molar-refractivity contribution < 1.29 is 9.59 Å². The molecule has 0 spiro atoms. The molecule has 7 N–H and O–H groups in total. The van der Waals surface area contributed by atoms with E-state index in [1.165, 1.54) is 44.7 Å². The van der Waals surface area contributed by atoms with E-state index in [1.54, 1.807) is 49.2 Å². The van der Waals surface area contributed by atoms with E-state index in [4.69, 9.17) is 17.0 Å². The number of aromatic amines is 3. The fraction of sp³-hybridized carbons (Fsp3) is 0.180. The van der Waals surface area contributed by atoms with Crippen LogP contribution in [0.1, 0.15) is 85.7 Å². The van der Waals surface area contributed by atoms with Crippen molar-refractivity contribution >= 4 is 95.0 Å². The summed E-state index contributed by atoms with van der Waals surface area (Å²) in [5.41, 5.74) is 13.5. The van der Waals surface area contributed by atoms with Crippen molar-refractivity contribution in [1.82, 2.24) is 45.2 Å². The van der Waals surface area contributed by atoms with Crippen LogP contribution in [0.5, 0.6) is 0 Å². The molecule has 8 aromatic heterocycles. The minimum Gasteiger partial charge on any atom is -0.357 e. The van der Waals surface area contributed by atoms with Gasteiger partial charge < -0.3 is 36.3 Å². The first-order valence-corrected chi connectivity index (χ1v) is 27.5. The van der Waals surface area contributed by atoms with Crippen LogP contribution in [-0.2, 0) is 37.1 Å². The highest BCUT2D eigenvalue weighted by Gasteiger charge is 2.18. The zero-order valence-corrected chi connectivity index (χ0v) is 46.1. The molecular formula is C61H59ClN12O2S2. The normalized spacial score (nSPS) is 11.3. The molecule has 1 amide bonds. The van der Waals surface area contributed by atoms with Crippen molar-refractivity contribution in [3.8, 4) is 0 Å². The Morgan fingerprint density at radius 1 is 0.628 bits per heavy atom. The number of carbonyl (C=O) groups excluding carboxylic acids is 2. The molecule has 8 heterocycles. The SMILES string of the molecule is CC(=N)/C(Cc1c[nH]c2ncccc12)=C(/C)NC(=O)CCCc1ccccc1.Cc1ccc(CNc2nc(Cl)c(Cc3c[nH]c4ncccc34)s2)cc1.Cc1ccc(CNc2ncc(C(=O)c3c[nH]c4ncccc34)s2)cc1. The second-order valence-corrected chi connectivity index (χ2v) is 21.2. The van der Waals surface area contributed by atoms with Gasteiger partial charge in [0.05, 0.1) is 21.5 Å². The maximum absolute atomic E-state index is 12.7. The van der Waals surface area contributed by atoms with Gasteiger partial charge in [-0.3, -0.25) is 9.59 Å². The second-order valence-electron chi connectivity index (χ2n) is 18.8. The molecule has 14 nitrogen and oxygen atoms in total. The number of nitrogens with zero attached hydrogens (tertiary/aromatic N) is 5. The van der Waals surface area contributed by atoms with Crippen molar-refractivity contribution in [3.63, 3.8) is 0 Å².